The van der Waals surface area contributed by atoms with Crippen LogP contribution in [0.15, 0.2) is 30.5 Å². The Bertz CT molecular complexity index is 743. The van der Waals surface area contributed by atoms with E-state index >= 15 is 0 Å². The van der Waals surface area contributed by atoms with Gasteiger partial charge in [0, 0.05) is 12.6 Å². The monoisotopic (exact) mass is 407 g/mol. The van der Waals surface area contributed by atoms with E-state index in [1.165, 1.54) is 5.56 Å². The lowest BCUT2D eigenvalue weighted by atomic mass is 10.1. The van der Waals surface area contributed by atoms with Crippen LogP contribution in [0.3, 0.4) is 0 Å². The van der Waals surface area contributed by atoms with Gasteiger partial charge in [0.25, 0.3) is 5.91 Å². The lowest BCUT2D eigenvalue weighted by Crippen LogP contribution is -2.40. The standard InChI is InChI=1S/C20H29N5O2.ClH/c1-4-24(15(2)13-16-5-7-18(27-3)8-6-16)20(26)19-14-25(23-22-19)17-9-11-21-12-10-17;/h5-8,14-15,17,21H,4,9-13H2,1-3H3;1H. The second kappa shape index (κ2) is 10.4. The number of hydrogen-bond acceptors (Lipinski definition) is 5. The number of nitrogens with one attached hydrogen (secondary N) is 1. The first kappa shape index (κ1) is 22.2. The zero-order valence-electron chi connectivity index (χ0n) is 16.8. The summed E-state index contributed by atoms with van der Waals surface area (Å²) in [4.78, 5) is 14.8. The zero-order valence-corrected chi connectivity index (χ0v) is 17.6. The molecule has 8 heteroatoms. The van der Waals surface area contributed by atoms with E-state index in [0.29, 0.717) is 18.3 Å². The first-order chi connectivity index (χ1) is 13.1. The highest BCUT2D eigenvalue weighted by atomic mass is 35.5. The molecule has 1 aromatic carbocycles. The number of benzene rings is 1. The summed E-state index contributed by atoms with van der Waals surface area (Å²) >= 11 is 0. The van der Waals surface area contributed by atoms with Gasteiger partial charge in [-0.15, -0.1) is 17.5 Å². The van der Waals surface area contributed by atoms with Crippen molar-refractivity contribution < 1.29 is 9.53 Å². The minimum atomic E-state index is -0.0568. The summed E-state index contributed by atoms with van der Waals surface area (Å²) in [5.74, 6) is 0.781. The average Bonchev–Trinajstić information content (AvgIpc) is 3.20. The smallest absolute Gasteiger partial charge is 0.276 e. The maximum absolute atomic E-state index is 13.0. The Morgan fingerprint density at radius 3 is 2.61 bits per heavy atom. The first-order valence-corrected chi connectivity index (χ1v) is 9.68. The summed E-state index contributed by atoms with van der Waals surface area (Å²) in [5.41, 5.74) is 1.60. The van der Waals surface area contributed by atoms with Crippen LogP contribution in [0.5, 0.6) is 5.75 Å². The summed E-state index contributed by atoms with van der Waals surface area (Å²) in [6.07, 6.45) is 4.62. The number of ether oxygens (including phenoxy) is 1. The van der Waals surface area contributed by atoms with Crippen molar-refractivity contribution in [2.45, 2.75) is 45.2 Å². The van der Waals surface area contributed by atoms with Gasteiger partial charge in [0.1, 0.15) is 5.75 Å². The molecule has 154 valence electrons. The Morgan fingerprint density at radius 1 is 1.32 bits per heavy atom. The summed E-state index contributed by atoms with van der Waals surface area (Å²) in [6, 6.07) is 8.38. The largest absolute Gasteiger partial charge is 0.497 e. The van der Waals surface area contributed by atoms with Crippen molar-refractivity contribution in [2.75, 3.05) is 26.7 Å². The molecule has 1 N–H and O–H groups in total. The number of carbonyl (C=O) groups excluding carboxylic acids is 1. The Hall–Kier alpha value is -2.12. The Labute approximate surface area is 172 Å². The number of methoxy groups -OCH3 is 1. The van der Waals surface area contributed by atoms with E-state index in [1.54, 1.807) is 13.3 Å². The molecule has 1 saturated heterocycles. The van der Waals surface area contributed by atoms with Gasteiger partial charge in [0.2, 0.25) is 0 Å². The molecule has 3 rings (SSSR count). The third-order valence-electron chi connectivity index (χ3n) is 5.24. The maximum Gasteiger partial charge on any atom is 0.276 e. The number of likely N-dealkylation sites (N-methyl/N-ethyl adjacent to an activating group) is 1. The fourth-order valence-corrected chi connectivity index (χ4v) is 3.64. The number of amides is 1. The highest BCUT2D eigenvalue weighted by Gasteiger charge is 2.24. The topological polar surface area (TPSA) is 72.3 Å². The molecule has 1 fully saturated rings. The lowest BCUT2D eigenvalue weighted by molar-refractivity contribution is 0.0697. The van der Waals surface area contributed by atoms with E-state index < -0.39 is 0 Å². The molecule has 7 nitrogen and oxygen atoms in total. The molecule has 1 aromatic heterocycles. The van der Waals surface area contributed by atoms with Gasteiger partial charge in [0.15, 0.2) is 5.69 Å². The molecule has 1 aliphatic rings. The van der Waals surface area contributed by atoms with E-state index in [9.17, 15) is 4.79 Å². The number of piperidine rings is 1. The number of nitrogens with zero attached hydrogens (tertiary/aromatic N) is 4. The van der Waals surface area contributed by atoms with Crippen LogP contribution in [0, 0.1) is 0 Å². The van der Waals surface area contributed by atoms with Crippen LogP contribution in [-0.4, -0.2) is 58.6 Å². The second-order valence-corrected chi connectivity index (χ2v) is 7.06. The molecule has 0 bridgehead atoms. The van der Waals surface area contributed by atoms with Gasteiger partial charge >= 0.3 is 0 Å². The van der Waals surface area contributed by atoms with Crippen LogP contribution in [0.2, 0.25) is 0 Å². The summed E-state index contributed by atoms with van der Waals surface area (Å²) in [6.45, 7) is 6.67. The van der Waals surface area contributed by atoms with E-state index in [4.69, 9.17) is 4.74 Å². The van der Waals surface area contributed by atoms with Crippen LogP contribution in [-0.2, 0) is 6.42 Å². The lowest BCUT2D eigenvalue weighted by Gasteiger charge is -2.27. The predicted molar refractivity (Wildman–Crippen MR) is 111 cm³/mol. The van der Waals surface area contributed by atoms with Gasteiger partial charge in [0.05, 0.1) is 19.3 Å². The van der Waals surface area contributed by atoms with Gasteiger partial charge in [-0.25, -0.2) is 4.68 Å². The number of hydrogen-bond donors (Lipinski definition) is 1. The average molecular weight is 408 g/mol. The van der Waals surface area contributed by atoms with Crippen LogP contribution >= 0.6 is 12.4 Å². The molecule has 1 atom stereocenters. The normalized spacial score (nSPS) is 15.5. The number of rotatable bonds is 7. The number of carbonyl (C=O) groups is 1. The van der Waals surface area contributed by atoms with Crippen molar-refractivity contribution in [1.82, 2.24) is 25.2 Å². The van der Waals surface area contributed by atoms with Crippen molar-refractivity contribution in [3.8, 4) is 5.75 Å². The molecule has 0 saturated carbocycles. The molecule has 28 heavy (non-hydrogen) atoms. The molecule has 2 heterocycles. The minimum absolute atomic E-state index is 0. The minimum Gasteiger partial charge on any atom is -0.497 e. The number of aromatic nitrogens is 3. The molecular formula is C20H30ClN5O2. The van der Waals surface area contributed by atoms with Gasteiger partial charge in [-0.2, -0.15) is 0 Å². The first-order valence-electron chi connectivity index (χ1n) is 9.68. The second-order valence-electron chi connectivity index (χ2n) is 7.06. The van der Waals surface area contributed by atoms with Crippen LogP contribution < -0.4 is 10.1 Å². The van der Waals surface area contributed by atoms with E-state index in [2.05, 4.69) is 22.6 Å². The van der Waals surface area contributed by atoms with Crippen molar-refractivity contribution in [3.63, 3.8) is 0 Å². The van der Waals surface area contributed by atoms with Gasteiger partial charge in [-0.3, -0.25) is 4.79 Å². The Balaban J connectivity index is 0.00000280. The third-order valence-corrected chi connectivity index (χ3v) is 5.24. The molecular weight excluding hydrogens is 378 g/mol. The number of halogens is 1. The molecule has 1 unspecified atom stereocenters. The summed E-state index contributed by atoms with van der Waals surface area (Å²) in [7, 11) is 1.66. The highest BCUT2D eigenvalue weighted by molar-refractivity contribution is 5.92. The third kappa shape index (κ3) is 5.23. The van der Waals surface area contributed by atoms with Gasteiger partial charge < -0.3 is 15.0 Å². The van der Waals surface area contributed by atoms with E-state index in [1.807, 2.05) is 40.8 Å². The highest BCUT2D eigenvalue weighted by Crippen LogP contribution is 2.19. The van der Waals surface area contributed by atoms with Crippen molar-refractivity contribution in [1.29, 1.82) is 0 Å². The zero-order chi connectivity index (χ0) is 19.2. The maximum atomic E-state index is 13.0. The quantitative estimate of drug-likeness (QED) is 0.764. The van der Waals surface area contributed by atoms with E-state index in [-0.39, 0.29) is 24.4 Å². The fraction of sp³-hybridized carbons (Fsp3) is 0.550. The van der Waals surface area contributed by atoms with Crippen LogP contribution in [0.1, 0.15) is 48.8 Å². The molecule has 0 spiro atoms. The molecule has 0 aliphatic carbocycles. The van der Waals surface area contributed by atoms with Crippen molar-refractivity contribution in [2.24, 2.45) is 0 Å². The van der Waals surface area contributed by atoms with Crippen molar-refractivity contribution in [3.05, 3.63) is 41.7 Å². The van der Waals surface area contributed by atoms with Crippen molar-refractivity contribution >= 4 is 18.3 Å². The Kier molecular flexibility index (Phi) is 8.26. The van der Waals surface area contributed by atoms with Gasteiger partial charge in [-0.05, 0) is 63.9 Å². The van der Waals surface area contributed by atoms with Crippen LogP contribution in [0.25, 0.3) is 0 Å². The predicted octanol–water partition coefficient (Wildman–Crippen LogP) is 2.73. The fourth-order valence-electron chi connectivity index (χ4n) is 3.64. The molecule has 1 aliphatic heterocycles. The molecule has 2 aromatic rings. The Morgan fingerprint density at radius 2 is 2.00 bits per heavy atom. The van der Waals surface area contributed by atoms with E-state index in [0.717, 1.165) is 38.1 Å². The SMILES string of the molecule is CCN(C(=O)c1cn(C2CCNCC2)nn1)C(C)Cc1ccc(OC)cc1.Cl. The van der Waals surface area contributed by atoms with Crippen LogP contribution in [0.4, 0.5) is 0 Å². The summed E-state index contributed by atoms with van der Waals surface area (Å²) < 4.78 is 7.06. The van der Waals surface area contributed by atoms with Gasteiger partial charge in [-0.1, -0.05) is 17.3 Å². The molecule has 0 radical (unpaired) electrons. The molecule has 1 amide bonds. The summed E-state index contributed by atoms with van der Waals surface area (Å²) in [5, 5.41) is 11.7.